The number of nitrogens with zero attached hydrogens (tertiary/aromatic N) is 1. The van der Waals surface area contributed by atoms with Crippen molar-refractivity contribution in [2.45, 2.75) is 19.8 Å². The van der Waals surface area contributed by atoms with Gasteiger partial charge in [-0.25, -0.2) is 4.98 Å². The van der Waals surface area contributed by atoms with E-state index in [0.717, 1.165) is 25.4 Å². The van der Waals surface area contributed by atoms with E-state index in [2.05, 4.69) is 17.2 Å². The molecule has 1 rings (SSSR count). The third-order valence-electron chi connectivity index (χ3n) is 1.91. The summed E-state index contributed by atoms with van der Waals surface area (Å²) in [6.07, 6.45) is 2.29. The zero-order valence-corrected chi connectivity index (χ0v) is 9.76. The quantitative estimate of drug-likeness (QED) is 0.576. The summed E-state index contributed by atoms with van der Waals surface area (Å²) in [6.45, 7) is 4.45. The van der Waals surface area contributed by atoms with Gasteiger partial charge >= 0.3 is 0 Å². The second kappa shape index (κ2) is 7.49. The number of pyridine rings is 1. The lowest BCUT2D eigenvalue weighted by atomic mass is 10.4. The first-order valence-electron chi connectivity index (χ1n) is 5.27. The van der Waals surface area contributed by atoms with Crippen LogP contribution in [0.2, 0.25) is 5.15 Å². The monoisotopic (exact) mass is 228 g/mol. The molecule has 0 saturated heterocycles. The van der Waals surface area contributed by atoms with Gasteiger partial charge in [-0.2, -0.15) is 0 Å². The molecule has 0 aliphatic carbocycles. The molecule has 0 radical (unpaired) electrons. The van der Waals surface area contributed by atoms with Crippen LogP contribution in [0.25, 0.3) is 0 Å². The fraction of sp³-hybridized carbons (Fsp3) is 0.545. The predicted molar refractivity (Wildman–Crippen MR) is 63.5 cm³/mol. The molecule has 84 valence electrons. The van der Waals surface area contributed by atoms with E-state index in [4.69, 9.17) is 16.3 Å². The van der Waals surface area contributed by atoms with Crippen molar-refractivity contribution < 1.29 is 4.74 Å². The molecular formula is C11H17ClN2O. The van der Waals surface area contributed by atoms with Gasteiger partial charge < -0.3 is 10.1 Å². The number of hydrogen-bond acceptors (Lipinski definition) is 3. The van der Waals surface area contributed by atoms with Gasteiger partial charge in [0.15, 0.2) is 0 Å². The van der Waals surface area contributed by atoms with E-state index in [1.54, 1.807) is 6.07 Å². The molecule has 0 saturated carbocycles. The van der Waals surface area contributed by atoms with Crippen LogP contribution in [0.1, 0.15) is 19.8 Å². The minimum Gasteiger partial charge on any atom is -0.380 e. The summed E-state index contributed by atoms with van der Waals surface area (Å²) in [5.74, 6) is 0.793. The minimum absolute atomic E-state index is 0.506. The fourth-order valence-electron chi connectivity index (χ4n) is 1.11. The number of nitrogens with one attached hydrogen (secondary N) is 1. The Labute approximate surface area is 95.8 Å². The lowest BCUT2D eigenvalue weighted by Crippen LogP contribution is -2.10. The molecule has 0 bridgehead atoms. The van der Waals surface area contributed by atoms with Crippen LogP contribution in [-0.4, -0.2) is 24.7 Å². The summed E-state index contributed by atoms with van der Waals surface area (Å²) in [7, 11) is 0. The van der Waals surface area contributed by atoms with E-state index in [9.17, 15) is 0 Å². The largest absolute Gasteiger partial charge is 0.380 e. The molecule has 0 aliphatic heterocycles. The summed E-state index contributed by atoms with van der Waals surface area (Å²) >= 11 is 5.74. The summed E-state index contributed by atoms with van der Waals surface area (Å²) in [5.41, 5.74) is 0. The van der Waals surface area contributed by atoms with Crippen molar-refractivity contribution in [3.8, 4) is 0 Å². The van der Waals surface area contributed by atoms with Crippen LogP contribution in [0.3, 0.4) is 0 Å². The molecule has 1 aromatic rings. The zero-order chi connectivity index (χ0) is 10.9. The maximum atomic E-state index is 5.74. The second-order valence-corrected chi connectivity index (χ2v) is 3.63. The van der Waals surface area contributed by atoms with Crippen molar-refractivity contribution in [1.29, 1.82) is 0 Å². The van der Waals surface area contributed by atoms with E-state index in [1.165, 1.54) is 6.42 Å². The van der Waals surface area contributed by atoms with E-state index in [0.29, 0.717) is 11.8 Å². The summed E-state index contributed by atoms with van der Waals surface area (Å²) in [5, 5.41) is 3.65. The van der Waals surface area contributed by atoms with Gasteiger partial charge in [-0.1, -0.05) is 31.0 Å². The van der Waals surface area contributed by atoms with Crippen molar-refractivity contribution >= 4 is 17.4 Å². The van der Waals surface area contributed by atoms with Crippen LogP contribution >= 0.6 is 11.6 Å². The highest BCUT2D eigenvalue weighted by Gasteiger charge is 1.94. The Morgan fingerprint density at radius 3 is 3.00 bits per heavy atom. The van der Waals surface area contributed by atoms with Crippen molar-refractivity contribution in [3.63, 3.8) is 0 Å². The average molecular weight is 229 g/mol. The predicted octanol–water partition coefficient (Wildman–Crippen LogP) is 2.96. The molecule has 0 unspecified atom stereocenters. The molecule has 0 aliphatic rings. The molecule has 0 spiro atoms. The van der Waals surface area contributed by atoms with E-state index in [-0.39, 0.29) is 0 Å². The highest BCUT2D eigenvalue weighted by atomic mass is 35.5. The molecule has 4 heteroatoms. The number of halogens is 1. The number of hydrogen-bond donors (Lipinski definition) is 1. The molecule has 1 heterocycles. The molecule has 3 nitrogen and oxygen atoms in total. The number of ether oxygens (including phenoxy) is 1. The van der Waals surface area contributed by atoms with Crippen LogP contribution < -0.4 is 5.32 Å². The summed E-state index contributed by atoms with van der Waals surface area (Å²) in [4.78, 5) is 4.11. The lowest BCUT2D eigenvalue weighted by molar-refractivity contribution is 0.141. The zero-order valence-electron chi connectivity index (χ0n) is 9.00. The molecule has 1 N–H and O–H groups in total. The summed E-state index contributed by atoms with van der Waals surface area (Å²) in [6, 6.07) is 5.51. The standard InChI is InChI=1S/C11H17ClN2O/c1-2-3-8-15-9-7-13-11-6-4-5-10(12)14-11/h4-6H,2-3,7-9H2,1H3,(H,13,14). The molecule has 15 heavy (non-hydrogen) atoms. The van der Waals surface area contributed by atoms with E-state index < -0.39 is 0 Å². The first-order valence-corrected chi connectivity index (χ1v) is 5.65. The van der Waals surface area contributed by atoms with Gasteiger partial charge in [0.1, 0.15) is 11.0 Å². The van der Waals surface area contributed by atoms with Gasteiger partial charge in [0.2, 0.25) is 0 Å². The molecule has 0 fully saturated rings. The molecule has 1 aromatic heterocycles. The first kappa shape index (κ1) is 12.3. The summed E-state index contributed by atoms with van der Waals surface area (Å²) < 4.78 is 5.40. The normalized spacial score (nSPS) is 10.3. The Kier molecular flexibility index (Phi) is 6.12. The average Bonchev–Trinajstić information content (AvgIpc) is 2.23. The number of anilines is 1. The van der Waals surface area contributed by atoms with Gasteiger partial charge in [0, 0.05) is 13.2 Å². The molecular weight excluding hydrogens is 212 g/mol. The third-order valence-corrected chi connectivity index (χ3v) is 2.12. The van der Waals surface area contributed by atoms with Crippen LogP contribution in [-0.2, 0) is 4.74 Å². The van der Waals surface area contributed by atoms with E-state index >= 15 is 0 Å². The van der Waals surface area contributed by atoms with E-state index in [1.807, 2.05) is 12.1 Å². The maximum absolute atomic E-state index is 5.74. The molecule has 0 atom stereocenters. The van der Waals surface area contributed by atoms with Crippen molar-refractivity contribution in [1.82, 2.24) is 4.98 Å². The highest BCUT2D eigenvalue weighted by molar-refractivity contribution is 6.29. The Hall–Kier alpha value is -0.800. The van der Waals surface area contributed by atoms with Crippen LogP contribution in [0.5, 0.6) is 0 Å². The SMILES string of the molecule is CCCCOCCNc1cccc(Cl)n1. The minimum atomic E-state index is 0.506. The smallest absolute Gasteiger partial charge is 0.131 e. The maximum Gasteiger partial charge on any atom is 0.131 e. The Bertz CT molecular complexity index is 281. The van der Waals surface area contributed by atoms with Gasteiger partial charge in [0.25, 0.3) is 0 Å². The van der Waals surface area contributed by atoms with Crippen molar-refractivity contribution in [2.75, 3.05) is 25.1 Å². The van der Waals surface area contributed by atoms with Crippen LogP contribution in [0.4, 0.5) is 5.82 Å². The van der Waals surface area contributed by atoms with Gasteiger partial charge in [-0.3, -0.25) is 0 Å². The number of aromatic nitrogens is 1. The fourth-order valence-corrected chi connectivity index (χ4v) is 1.27. The van der Waals surface area contributed by atoms with Crippen LogP contribution in [0, 0.1) is 0 Å². The Balaban J connectivity index is 2.10. The highest BCUT2D eigenvalue weighted by Crippen LogP contribution is 2.08. The van der Waals surface area contributed by atoms with Gasteiger partial charge in [-0.15, -0.1) is 0 Å². The van der Waals surface area contributed by atoms with Gasteiger partial charge in [-0.05, 0) is 18.6 Å². The number of unbranched alkanes of at least 4 members (excludes halogenated alkanes) is 1. The van der Waals surface area contributed by atoms with Crippen LogP contribution in [0.15, 0.2) is 18.2 Å². The Morgan fingerprint density at radius 1 is 1.40 bits per heavy atom. The van der Waals surface area contributed by atoms with Gasteiger partial charge in [0.05, 0.1) is 6.61 Å². The molecule has 0 amide bonds. The number of rotatable bonds is 7. The topological polar surface area (TPSA) is 34.1 Å². The Morgan fingerprint density at radius 2 is 2.27 bits per heavy atom. The molecule has 0 aromatic carbocycles. The van der Waals surface area contributed by atoms with Crippen molar-refractivity contribution in [3.05, 3.63) is 23.4 Å². The van der Waals surface area contributed by atoms with Crippen molar-refractivity contribution in [2.24, 2.45) is 0 Å². The second-order valence-electron chi connectivity index (χ2n) is 3.24. The lowest BCUT2D eigenvalue weighted by Gasteiger charge is -2.06. The first-order chi connectivity index (χ1) is 7.33. The third kappa shape index (κ3) is 5.60.